The first-order valence-electron chi connectivity index (χ1n) is 4.14. The van der Waals surface area contributed by atoms with Gasteiger partial charge in [-0.05, 0) is 6.07 Å². The zero-order valence-electron chi connectivity index (χ0n) is 7.68. The van der Waals surface area contributed by atoms with Crippen molar-refractivity contribution in [1.82, 2.24) is 4.98 Å². The van der Waals surface area contributed by atoms with Crippen molar-refractivity contribution >= 4 is 29.9 Å². The molecule has 78 valence electrons. The molecule has 0 radical (unpaired) electrons. The second-order valence-corrected chi connectivity index (χ2v) is 3.09. The summed E-state index contributed by atoms with van der Waals surface area (Å²) in [5, 5.41) is 8.98. The third-order valence-electron chi connectivity index (χ3n) is 1.66. The van der Waals surface area contributed by atoms with Gasteiger partial charge < -0.3 is 9.90 Å². The average molecular weight is 226 g/mol. The average Bonchev–Trinajstić information content (AvgIpc) is 2.20. The number of rotatable bonds is 4. The van der Waals surface area contributed by atoms with Crippen LogP contribution in [0.15, 0.2) is 18.3 Å². The highest BCUT2D eigenvalue weighted by molar-refractivity contribution is 6.29. The van der Waals surface area contributed by atoms with E-state index in [1.54, 1.807) is 6.08 Å². The second kappa shape index (κ2) is 5.26. The molecular formula is C10H8ClNO3. The minimum atomic E-state index is -1.08. The molecule has 1 aromatic rings. The number of aromatic carboxylic acids is 1. The van der Waals surface area contributed by atoms with Gasteiger partial charge in [-0.1, -0.05) is 23.8 Å². The van der Waals surface area contributed by atoms with Crippen molar-refractivity contribution in [3.63, 3.8) is 0 Å². The molecule has 0 aromatic carbocycles. The predicted octanol–water partition coefficient (Wildman–Crippen LogP) is 2.04. The van der Waals surface area contributed by atoms with Crippen LogP contribution in [-0.2, 0) is 4.79 Å². The SMILES string of the molecule is O=CCC=Cc1cnc(Cl)cc1C(=O)O. The Morgan fingerprint density at radius 1 is 1.60 bits per heavy atom. The third kappa shape index (κ3) is 3.18. The van der Waals surface area contributed by atoms with Crippen LogP contribution in [0.2, 0.25) is 5.15 Å². The van der Waals surface area contributed by atoms with Gasteiger partial charge in [0, 0.05) is 18.2 Å². The van der Waals surface area contributed by atoms with Crippen LogP contribution < -0.4 is 0 Å². The van der Waals surface area contributed by atoms with E-state index in [1.807, 2.05) is 0 Å². The van der Waals surface area contributed by atoms with Crippen molar-refractivity contribution in [2.45, 2.75) is 6.42 Å². The number of aldehydes is 1. The molecule has 0 fully saturated rings. The fourth-order valence-electron chi connectivity index (χ4n) is 1.01. The van der Waals surface area contributed by atoms with Gasteiger partial charge in [0.25, 0.3) is 0 Å². The molecule has 0 unspecified atom stereocenters. The van der Waals surface area contributed by atoms with E-state index < -0.39 is 5.97 Å². The summed E-state index contributed by atoms with van der Waals surface area (Å²) in [6, 6.07) is 1.27. The number of hydrogen-bond donors (Lipinski definition) is 1. The van der Waals surface area contributed by atoms with Crippen molar-refractivity contribution in [2.75, 3.05) is 0 Å². The van der Waals surface area contributed by atoms with Gasteiger partial charge in [0.15, 0.2) is 0 Å². The summed E-state index contributed by atoms with van der Waals surface area (Å²) in [5.74, 6) is -1.08. The largest absolute Gasteiger partial charge is 0.478 e. The van der Waals surface area contributed by atoms with Crippen molar-refractivity contribution in [3.8, 4) is 0 Å². The van der Waals surface area contributed by atoms with Crippen molar-refractivity contribution in [3.05, 3.63) is 34.6 Å². The van der Waals surface area contributed by atoms with E-state index in [1.165, 1.54) is 18.3 Å². The Hall–Kier alpha value is -1.68. The van der Waals surface area contributed by atoms with Gasteiger partial charge in [-0.25, -0.2) is 9.78 Å². The van der Waals surface area contributed by atoms with Crippen molar-refractivity contribution in [2.24, 2.45) is 0 Å². The van der Waals surface area contributed by atoms with E-state index in [4.69, 9.17) is 16.7 Å². The predicted molar refractivity (Wildman–Crippen MR) is 55.9 cm³/mol. The smallest absolute Gasteiger partial charge is 0.336 e. The standard InChI is InChI=1S/C10H8ClNO3/c11-9-5-8(10(14)15)7(6-12-9)3-1-2-4-13/h1,3-6H,2H2,(H,14,15). The zero-order valence-corrected chi connectivity index (χ0v) is 8.44. The van der Waals surface area contributed by atoms with Crippen LogP contribution in [-0.4, -0.2) is 22.3 Å². The number of halogens is 1. The lowest BCUT2D eigenvalue weighted by Gasteiger charge is -2.00. The molecule has 0 amide bonds. The number of carbonyl (C=O) groups is 2. The van der Waals surface area contributed by atoms with E-state index in [0.29, 0.717) is 5.56 Å². The first-order valence-corrected chi connectivity index (χ1v) is 4.52. The van der Waals surface area contributed by atoms with Crippen LogP contribution in [0, 0.1) is 0 Å². The maximum Gasteiger partial charge on any atom is 0.336 e. The second-order valence-electron chi connectivity index (χ2n) is 2.70. The highest BCUT2D eigenvalue weighted by Gasteiger charge is 2.08. The fourth-order valence-corrected chi connectivity index (χ4v) is 1.17. The summed E-state index contributed by atoms with van der Waals surface area (Å²) in [4.78, 5) is 24.6. The molecule has 1 heterocycles. The van der Waals surface area contributed by atoms with Crippen LogP contribution in [0.5, 0.6) is 0 Å². The topological polar surface area (TPSA) is 67.3 Å². The first kappa shape index (κ1) is 11.4. The lowest BCUT2D eigenvalue weighted by Crippen LogP contribution is -2.00. The number of hydrogen-bond acceptors (Lipinski definition) is 3. The lowest BCUT2D eigenvalue weighted by atomic mass is 10.1. The molecule has 0 aliphatic heterocycles. The van der Waals surface area contributed by atoms with E-state index >= 15 is 0 Å². The van der Waals surface area contributed by atoms with Gasteiger partial charge in [-0.15, -0.1) is 0 Å². The van der Waals surface area contributed by atoms with Crippen molar-refractivity contribution < 1.29 is 14.7 Å². The Kier molecular flexibility index (Phi) is 4.00. The number of aromatic nitrogens is 1. The van der Waals surface area contributed by atoms with E-state index in [9.17, 15) is 9.59 Å². The van der Waals surface area contributed by atoms with Crippen LogP contribution in [0.25, 0.3) is 6.08 Å². The Labute approximate surface area is 91.2 Å². The van der Waals surface area contributed by atoms with Crippen LogP contribution >= 0.6 is 11.6 Å². The van der Waals surface area contributed by atoms with Gasteiger partial charge >= 0.3 is 5.97 Å². The minimum absolute atomic E-state index is 0.0668. The number of carboxylic acid groups (broad SMARTS) is 1. The molecule has 0 saturated carbocycles. The van der Waals surface area contributed by atoms with Crippen LogP contribution in [0.3, 0.4) is 0 Å². The summed E-state index contributed by atoms with van der Waals surface area (Å²) < 4.78 is 0. The summed E-state index contributed by atoms with van der Waals surface area (Å²) in [6.07, 6.45) is 5.40. The summed E-state index contributed by atoms with van der Waals surface area (Å²) >= 11 is 5.57. The van der Waals surface area contributed by atoms with Crippen LogP contribution in [0.1, 0.15) is 22.3 Å². The maximum atomic E-state index is 10.8. The molecule has 0 aliphatic carbocycles. The quantitative estimate of drug-likeness (QED) is 0.629. The molecule has 0 bridgehead atoms. The lowest BCUT2D eigenvalue weighted by molar-refractivity contribution is -0.107. The summed E-state index contributed by atoms with van der Waals surface area (Å²) in [6.45, 7) is 0. The van der Waals surface area contributed by atoms with E-state index in [-0.39, 0.29) is 17.1 Å². The number of carboxylic acids is 1. The molecular weight excluding hydrogens is 218 g/mol. The molecule has 0 spiro atoms. The van der Waals surface area contributed by atoms with Gasteiger partial charge in [-0.3, -0.25) is 0 Å². The Balaban J connectivity index is 3.05. The van der Waals surface area contributed by atoms with Gasteiger partial charge in [0.05, 0.1) is 5.56 Å². The molecule has 1 rings (SSSR count). The molecule has 4 nitrogen and oxygen atoms in total. The normalized spacial score (nSPS) is 10.5. The summed E-state index contributed by atoms with van der Waals surface area (Å²) in [5.41, 5.74) is 0.492. The number of pyridine rings is 1. The van der Waals surface area contributed by atoms with Gasteiger partial charge in [-0.2, -0.15) is 0 Å². The Morgan fingerprint density at radius 3 is 2.93 bits per heavy atom. The first-order chi connectivity index (χ1) is 7.15. The number of nitrogens with zero attached hydrogens (tertiary/aromatic N) is 1. The highest BCUT2D eigenvalue weighted by atomic mass is 35.5. The molecule has 0 saturated heterocycles. The fraction of sp³-hybridized carbons (Fsp3) is 0.100. The molecule has 0 atom stereocenters. The molecule has 1 aromatic heterocycles. The Morgan fingerprint density at radius 2 is 2.33 bits per heavy atom. The summed E-state index contributed by atoms with van der Waals surface area (Å²) in [7, 11) is 0. The van der Waals surface area contributed by atoms with E-state index in [2.05, 4.69) is 4.98 Å². The van der Waals surface area contributed by atoms with Gasteiger partial charge in [0.1, 0.15) is 11.4 Å². The molecule has 5 heteroatoms. The Bertz CT molecular complexity index is 415. The zero-order chi connectivity index (χ0) is 11.3. The minimum Gasteiger partial charge on any atom is -0.478 e. The highest BCUT2D eigenvalue weighted by Crippen LogP contribution is 2.14. The third-order valence-corrected chi connectivity index (χ3v) is 1.87. The molecule has 15 heavy (non-hydrogen) atoms. The van der Waals surface area contributed by atoms with Crippen LogP contribution in [0.4, 0.5) is 0 Å². The molecule has 0 aliphatic rings. The van der Waals surface area contributed by atoms with E-state index in [0.717, 1.165) is 6.29 Å². The number of carbonyl (C=O) groups excluding carboxylic acids is 1. The maximum absolute atomic E-state index is 10.8. The van der Waals surface area contributed by atoms with Gasteiger partial charge in [0.2, 0.25) is 0 Å². The van der Waals surface area contributed by atoms with Crippen molar-refractivity contribution in [1.29, 1.82) is 0 Å². The molecule has 1 N–H and O–H groups in total. The monoisotopic (exact) mass is 225 g/mol. The number of allylic oxidation sites excluding steroid dienone is 1.